The second kappa shape index (κ2) is 6.79. The van der Waals surface area contributed by atoms with Crippen LogP contribution in [-0.4, -0.2) is 22.0 Å². The van der Waals surface area contributed by atoms with E-state index in [2.05, 4.69) is 0 Å². The smallest absolute Gasteiger partial charge is 0.229 e. The first-order valence-electron chi connectivity index (χ1n) is 7.77. The predicted molar refractivity (Wildman–Crippen MR) is 82.8 cm³/mol. The van der Waals surface area contributed by atoms with Crippen molar-refractivity contribution < 1.29 is 14.3 Å². The highest BCUT2D eigenvalue weighted by Gasteiger charge is 2.34. The molecule has 0 saturated heterocycles. The zero-order valence-corrected chi connectivity index (χ0v) is 12.5. The Labute approximate surface area is 130 Å². The molecule has 0 bridgehead atoms. The van der Waals surface area contributed by atoms with Crippen LogP contribution in [0.2, 0.25) is 0 Å². The van der Waals surface area contributed by atoms with E-state index in [1.807, 2.05) is 42.5 Å². The summed E-state index contributed by atoms with van der Waals surface area (Å²) >= 11 is 0. The number of nitrogens with zero attached hydrogens (tertiary/aromatic N) is 1. The topological polar surface area (TPSA) is 53.7 Å². The third kappa shape index (κ3) is 3.39. The molecule has 4 nitrogen and oxygen atoms in total. The minimum absolute atomic E-state index is 0.0188. The monoisotopic (exact) mass is 299 g/mol. The standard InChI is InChI=1S/C18H21NO3/c20-17-10-4-9-16(17)18(21)19(13-15-8-5-11-22-15)12-14-6-2-1-3-7-14/h1-3,5-8,11,16-17,20H,4,9-10,12-13H2. The van der Waals surface area contributed by atoms with Crippen LogP contribution in [0.25, 0.3) is 0 Å². The summed E-state index contributed by atoms with van der Waals surface area (Å²) < 4.78 is 5.38. The highest BCUT2D eigenvalue weighted by Crippen LogP contribution is 2.28. The molecule has 0 radical (unpaired) electrons. The summed E-state index contributed by atoms with van der Waals surface area (Å²) in [7, 11) is 0. The number of hydrogen-bond donors (Lipinski definition) is 1. The lowest BCUT2D eigenvalue weighted by Crippen LogP contribution is -2.38. The first-order valence-corrected chi connectivity index (χ1v) is 7.77. The zero-order valence-electron chi connectivity index (χ0n) is 12.5. The molecule has 1 aromatic carbocycles. The predicted octanol–water partition coefficient (Wildman–Crippen LogP) is 2.97. The van der Waals surface area contributed by atoms with Crippen LogP contribution in [0.1, 0.15) is 30.6 Å². The van der Waals surface area contributed by atoms with Crippen LogP contribution in [-0.2, 0) is 17.9 Å². The molecule has 116 valence electrons. The van der Waals surface area contributed by atoms with Gasteiger partial charge in [-0.05, 0) is 37.0 Å². The van der Waals surface area contributed by atoms with Crippen molar-refractivity contribution in [2.45, 2.75) is 38.5 Å². The van der Waals surface area contributed by atoms with Crippen LogP contribution in [0.4, 0.5) is 0 Å². The largest absolute Gasteiger partial charge is 0.467 e. The van der Waals surface area contributed by atoms with E-state index < -0.39 is 6.10 Å². The van der Waals surface area contributed by atoms with Crippen molar-refractivity contribution >= 4 is 5.91 Å². The summed E-state index contributed by atoms with van der Waals surface area (Å²) in [5.74, 6) is 0.501. The molecular weight excluding hydrogens is 278 g/mol. The van der Waals surface area contributed by atoms with E-state index in [1.165, 1.54) is 0 Å². The highest BCUT2D eigenvalue weighted by molar-refractivity contribution is 5.79. The third-order valence-corrected chi connectivity index (χ3v) is 4.25. The Bertz CT molecular complexity index is 594. The number of rotatable bonds is 5. The number of carbonyl (C=O) groups is 1. The average Bonchev–Trinajstić information content (AvgIpc) is 3.18. The van der Waals surface area contributed by atoms with E-state index >= 15 is 0 Å². The van der Waals surface area contributed by atoms with Gasteiger partial charge in [0.15, 0.2) is 0 Å². The number of hydrogen-bond acceptors (Lipinski definition) is 3. The molecule has 1 amide bonds. The molecule has 1 aromatic heterocycles. The molecule has 2 unspecified atom stereocenters. The second-order valence-electron chi connectivity index (χ2n) is 5.86. The molecule has 1 N–H and O–H groups in total. The Hall–Kier alpha value is -2.07. The molecule has 1 aliphatic rings. The van der Waals surface area contributed by atoms with Crippen LogP contribution in [0.3, 0.4) is 0 Å². The van der Waals surface area contributed by atoms with Gasteiger partial charge in [-0.25, -0.2) is 0 Å². The van der Waals surface area contributed by atoms with Gasteiger partial charge < -0.3 is 14.4 Å². The summed E-state index contributed by atoms with van der Waals surface area (Å²) in [5.41, 5.74) is 1.08. The van der Waals surface area contributed by atoms with Gasteiger partial charge in [0.05, 0.1) is 24.8 Å². The van der Waals surface area contributed by atoms with Gasteiger partial charge in [0.1, 0.15) is 5.76 Å². The Balaban J connectivity index is 1.77. The lowest BCUT2D eigenvalue weighted by Gasteiger charge is -2.26. The molecule has 2 atom stereocenters. The van der Waals surface area contributed by atoms with Crippen LogP contribution in [0, 0.1) is 5.92 Å². The molecule has 22 heavy (non-hydrogen) atoms. The maximum Gasteiger partial charge on any atom is 0.229 e. The normalized spacial score (nSPS) is 21.0. The van der Waals surface area contributed by atoms with Gasteiger partial charge in [0.25, 0.3) is 0 Å². The van der Waals surface area contributed by atoms with E-state index in [0.29, 0.717) is 13.1 Å². The van der Waals surface area contributed by atoms with Crippen molar-refractivity contribution in [3.63, 3.8) is 0 Å². The summed E-state index contributed by atoms with van der Waals surface area (Å²) in [6, 6.07) is 13.6. The van der Waals surface area contributed by atoms with Crippen LogP contribution < -0.4 is 0 Å². The molecule has 0 aliphatic heterocycles. The molecule has 4 heteroatoms. The first kappa shape index (κ1) is 14.9. The fourth-order valence-corrected chi connectivity index (χ4v) is 3.07. The quantitative estimate of drug-likeness (QED) is 0.923. The van der Waals surface area contributed by atoms with Gasteiger partial charge >= 0.3 is 0 Å². The van der Waals surface area contributed by atoms with Gasteiger partial charge in [-0.2, -0.15) is 0 Å². The van der Waals surface area contributed by atoms with E-state index in [9.17, 15) is 9.90 Å². The third-order valence-electron chi connectivity index (χ3n) is 4.25. The molecule has 1 saturated carbocycles. The molecule has 3 rings (SSSR count). The number of aliphatic hydroxyl groups excluding tert-OH is 1. The van der Waals surface area contributed by atoms with E-state index in [1.54, 1.807) is 11.2 Å². The van der Waals surface area contributed by atoms with E-state index in [0.717, 1.165) is 30.6 Å². The van der Waals surface area contributed by atoms with E-state index in [4.69, 9.17) is 4.42 Å². The molecule has 1 heterocycles. The SMILES string of the molecule is O=C(C1CCCC1O)N(Cc1ccccc1)Cc1ccco1. The number of furan rings is 1. The fourth-order valence-electron chi connectivity index (χ4n) is 3.07. The number of carbonyl (C=O) groups excluding carboxylic acids is 1. The highest BCUT2D eigenvalue weighted by atomic mass is 16.3. The molecular formula is C18H21NO3. The van der Waals surface area contributed by atoms with Gasteiger partial charge in [0, 0.05) is 6.54 Å². The zero-order chi connectivity index (χ0) is 15.4. The number of aliphatic hydroxyl groups is 1. The van der Waals surface area contributed by atoms with Crippen LogP contribution >= 0.6 is 0 Å². The fraction of sp³-hybridized carbons (Fsp3) is 0.389. The lowest BCUT2D eigenvalue weighted by molar-refractivity contribution is -0.139. The Morgan fingerprint density at radius 3 is 2.59 bits per heavy atom. The summed E-state index contributed by atoms with van der Waals surface area (Å²) in [6.45, 7) is 0.966. The first-order chi connectivity index (χ1) is 10.7. The summed E-state index contributed by atoms with van der Waals surface area (Å²) in [6.07, 6.45) is 3.50. The molecule has 0 spiro atoms. The minimum atomic E-state index is -0.512. The summed E-state index contributed by atoms with van der Waals surface area (Å²) in [5, 5.41) is 10.0. The van der Waals surface area contributed by atoms with Crippen molar-refractivity contribution in [3.05, 3.63) is 60.1 Å². The van der Waals surface area contributed by atoms with Crippen molar-refractivity contribution in [2.24, 2.45) is 5.92 Å². The number of benzene rings is 1. The van der Waals surface area contributed by atoms with Crippen molar-refractivity contribution in [1.29, 1.82) is 0 Å². The van der Waals surface area contributed by atoms with Gasteiger partial charge in [-0.15, -0.1) is 0 Å². The maximum absolute atomic E-state index is 12.8. The van der Waals surface area contributed by atoms with Gasteiger partial charge in [-0.3, -0.25) is 4.79 Å². The van der Waals surface area contributed by atoms with Gasteiger partial charge in [-0.1, -0.05) is 30.3 Å². The van der Waals surface area contributed by atoms with Crippen LogP contribution in [0.15, 0.2) is 53.1 Å². The van der Waals surface area contributed by atoms with Crippen molar-refractivity contribution in [3.8, 4) is 0 Å². The van der Waals surface area contributed by atoms with Crippen molar-refractivity contribution in [2.75, 3.05) is 0 Å². The molecule has 1 aliphatic carbocycles. The Morgan fingerprint density at radius 2 is 1.95 bits per heavy atom. The van der Waals surface area contributed by atoms with Crippen LogP contribution in [0.5, 0.6) is 0 Å². The van der Waals surface area contributed by atoms with Crippen molar-refractivity contribution in [1.82, 2.24) is 4.90 Å². The minimum Gasteiger partial charge on any atom is -0.467 e. The maximum atomic E-state index is 12.8. The Kier molecular flexibility index (Phi) is 4.59. The molecule has 1 fully saturated rings. The second-order valence-corrected chi connectivity index (χ2v) is 5.86. The average molecular weight is 299 g/mol. The van der Waals surface area contributed by atoms with E-state index in [-0.39, 0.29) is 11.8 Å². The number of amides is 1. The molecule has 2 aromatic rings. The van der Waals surface area contributed by atoms with Gasteiger partial charge in [0.2, 0.25) is 5.91 Å². The summed E-state index contributed by atoms with van der Waals surface area (Å²) in [4.78, 5) is 14.6. The lowest BCUT2D eigenvalue weighted by atomic mass is 10.0. The Morgan fingerprint density at radius 1 is 1.14 bits per heavy atom.